The Bertz CT molecular complexity index is 319. The van der Waals surface area contributed by atoms with E-state index in [4.69, 9.17) is 9.84 Å². The normalized spacial score (nSPS) is 11.5. The largest absolute Gasteiger partial charge is 0.480 e. The molecule has 0 aliphatic carbocycles. The van der Waals surface area contributed by atoms with Crippen molar-refractivity contribution in [1.82, 2.24) is 10.2 Å². The quantitative estimate of drug-likeness (QED) is 0.505. The first-order valence-corrected chi connectivity index (χ1v) is 6.33. The first kappa shape index (κ1) is 17.2. The summed E-state index contributed by atoms with van der Waals surface area (Å²) >= 11 is 0. The molecule has 0 aromatic carbocycles. The molecule has 7 nitrogen and oxygen atoms in total. The van der Waals surface area contributed by atoms with Gasteiger partial charge in [0.25, 0.3) is 0 Å². The highest BCUT2D eigenvalue weighted by molar-refractivity contribution is 5.82. The highest BCUT2D eigenvalue weighted by Crippen LogP contribution is 2.02. The number of rotatable bonds is 8. The number of nitrogens with zero attached hydrogens (tertiary/aromatic N) is 1. The van der Waals surface area contributed by atoms with E-state index >= 15 is 0 Å². The number of nitrogens with one attached hydrogen (secondary N) is 1. The van der Waals surface area contributed by atoms with Crippen molar-refractivity contribution in [2.24, 2.45) is 0 Å². The summed E-state index contributed by atoms with van der Waals surface area (Å²) in [6, 6.07) is -1.30. The molecular formula is C12H22N2O5. The van der Waals surface area contributed by atoms with Gasteiger partial charge in [-0.1, -0.05) is 6.92 Å². The van der Waals surface area contributed by atoms with Crippen molar-refractivity contribution in [2.45, 2.75) is 39.2 Å². The predicted octanol–water partition coefficient (Wildman–Crippen LogP) is 0.834. The molecular weight excluding hydrogens is 252 g/mol. The monoisotopic (exact) mass is 274 g/mol. The van der Waals surface area contributed by atoms with Crippen LogP contribution in [0.1, 0.15) is 33.1 Å². The Kier molecular flexibility index (Phi) is 8.32. The molecule has 0 radical (unpaired) electrons. The molecule has 1 unspecified atom stereocenters. The van der Waals surface area contributed by atoms with E-state index in [0.717, 1.165) is 4.90 Å². The number of urea groups is 1. The Hall–Kier alpha value is -1.79. The standard InChI is InChI=1S/C12H22N2O5/c1-4-9(11(16)17)14(3)12(18)13-8-6-7-10(15)19-5-2/h9H,4-8H2,1-3H3,(H,13,18)(H,16,17). The number of carbonyl (C=O) groups excluding carboxylic acids is 2. The molecule has 19 heavy (non-hydrogen) atoms. The zero-order valence-electron chi connectivity index (χ0n) is 11.6. The minimum atomic E-state index is -1.04. The SMILES string of the molecule is CCOC(=O)CCCNC(=O)N(C)C(CC)C(=O)O. The molecule has 0 aliphatic heterocycles. The maximum Gasteiger partial charge on any atom is 0.326 e. The van der Waals surface area contributed by atoms with Gasteiger partial charge < -0.3 is 20.1 Å². The lowest BCUT2D eigenvalue weighted by atomic mass is 10.2. The van der Waals surface area contributed by atoms with Crippen molar-refractivity contribution in [2.75, 3.05) is 20.2 Å². The van der Waals surface area contributed by atoms with Crippen LogP contribution in [0.4, 0.5) is 4.79 Å². The minimum absolute atomic E-state index is 0.230. The fourth-order valence-electron chi connectivity index (χ4n) is 1.54. The molecule has 2 N–H and O–H groups in total. The van der Waals surface area contributed by atoms with Gasteiger partial charge in [0.1, 0.15) is 6.04 Å². The second-order valence-electron chi connectivity index (χ2n) is 4.01. The molecule has 0 bridgehead atoms. The van der Waals surface area contributed by atoms with E-state index in [1.54, 1.807) is 13.8 Å². The van der Waals surface area contributed by atoms with Crippen molar-refractivity contribution in [3.8, 4) is 0 Å². The van der Waals surface area contributed by atoms with Crippen LogP contribution in [-0.4, -0.2) is 54.2 Å². The van der Waals surface area contributed by atoms with E-state index in [-0.39, 0.29) is 12.4 Å². The van der Waals surface area contributed by atoms with Crippen LogP contribution in [0.25, 0.3) is 0 Å². The molecule has 0 aliphatic rings. The molecule has 0 heterocycles. The topological polar surface area (TPSA) is 95.9 Å². The van der Waals surface area contributed by atoms with Gasteiger partial charge in [-0.25, -0.2) is 9.59 Å². The van der Waals surface area contributed by atoms with Crippen LogP contribution in [0, 0.1) is 0 Å². The third kappa shape index (κ3) is 6.64. The molecule has 0 aromatic heterocycles. The number of carboxylic acid groups (broad SMARTS) is 1. The van der Waals surface area contributed by atoms with Crippen LogP contribution in [0.2, 0.25) is 0 Å². The molecule has 0 fully saturated rings. The lowest BCUT2D eigenvalue weighted by molar-refractivity contribution is -0.143. The molecule has 0 saturated carbocycles. The summed E-state index contributed by atoms with van der Waals surface area (Å²) in [7, 11) is 1.43. The van der Waals surface area contributed by atoms with E-state index in [2.05, 4.69) is 5.32 Å². The Morgan fingerprint density at radius 2 is 1.95 bits per heavy atom. The van der Waals surface area contributed by atoms with E-state index in [9.17, 15) is 14.4 Å². The van der Waals surface area contributed by atoms with Gasteiger partial charge in [-0.15, -0.1) is 0 Å². The van der Waals surface area contributed by atoms with Gasteiger partial charge in [0, 0.05) is 20.0 Å². The molecule has 0 rings (SSSR count). The Morgan fingerprint density at radius 1 is 1.32 bits per heavy atom. The number of hydrogen-bond donors (Lipinski definition) is 2. The fraction of sp³-hybridized carbons (Fsp3) is 0.750. The predicted molar refractivity (Wildman–Crippen MR) is 68.7 cm³/mol. The van der Waals surface area contributed by atoms with Crippen LogP contribution in [0.5, 0.6) is 0 Å². The van der Waals surface area contributed by atoms with Crippen LogP contribution >= 0.6 is 0 Å². The van der Waals surface area contributed by atoms with Crippen molar-refractivity contribution in [3.63, 3.8) is 0 Å². The van der Waals surface area contributed by atoms with Gasteiger partial charge in [-0.05, 0) is 19.8 Å². The van der Waals surface area contributed by atoms with Crippen molar-refractivity contribution < 1.29 is 24.2 Å². The Labute approximate surface area is 112 Å². The summed E-state index contributed by atoms with van der Waals surface area (Å²) in [6.45, 7) is 4.07. The maximum absolute atomic E-state index is 11.7. The smallest absolute Gasteiger partial charge is 0.326 e. The number of amides is 2. The average molecular weight is 274 g/mol. The zero-order valence-corrected chi connectivity index (χ0v) is 11.6. The number of ether oxygens (including phenoxy) is 1. The van der Waals surface area contributed by atoms with Gasteiger partial charge in [-0.3, -0.25) is 4.79 Å². The number of aliphatic carboxylic acids is 1. The van der Waals surface area contributed by atoms with E-state index in [1.165, 1.54) is 7.05 Å². The lowest BCUT2D eigenvalue weighted by Crippen LogP contribution is -2.47. The highest BCUT2D eigenvalue weighted by Gasteiger charge is 2.24. The van der Waals surface area contributed by atoms with Crippen molar-refractivity contribution in [3.05, 3.63) is 0 Å². The van der Waals surface area contributed by atoms with Gasteiger partial charge >= 0.3 is 18.0 Å². The van der Waals surface area contributed by atoms with Crippen molar-refractivity contribution in [1.29, 1.82) is 0 Å². The van der Waals surface area contributed by atoms with Gasteiger partial charge in [-0.2, -0.15) is 0 Å². The third-order valence-electron chi connectivity index (χ3n) is 2.60. The van der Waals surface area contributed by atoms with Crippen molar-refractivity contribution >= 4 is 18.0 Å². The third-order valence-corrected chi connectivity index (χ3v) is 2.60. The minimum Gasteiger partial charge on any atom is -0.480 e. The summed E-state index contributed by atoms with van der Waals surface area (Å²) < 4.78 is 4.74. The Balaban J connectivity index is 3.97. The number of carboxylic acids is 1. The first-order chi connectivity index (χ1) is 8.93. The van der Waals surface area contributed by atoms with Crippen LogP contribution < -0.4 is 5.32 Å². The van der Waals surface area contributed by atoms with Crippen LogP contribution in [0.15, 0.2) is 0 Å². The average Bonchev–Trinajstić information content (AvgIpc) is 2.35. The fourth-order valence-corrected chi connectivity index (χ4v) is 1.54. The Morgan fingerprint density at radius 3 is 2.42 bits per heavy atom. The van der Waals surface area contributed by atoms with Gasteiger partial charge in [0.15, 0.2) is 0 Å². The highest BCUT2D eigenvalue weighted by atomic mass is 16.5. The molecule has 7 heteroatoms. The van der Waals surface area contributed by atoms with E-state index in [0.29, 0.717) is 26.0 Å². The molecule has 1 atom stereocenters. The van der Waals surface area contributed by atoms with E-state index in [1.807, 2.05) is 0 Å². The number of carbonyl (C=O) groups is 3. The van der Waals surface area contributed by atoms with Crippen LogP contribution in [0.3, 0.4) is 0 Å². The van der Waals surface area contributed by atoms with Crippen LogP contribution in [-0.2, 0) is 14.3 Å². The lowest BCUT2D eigenvalue weighted by Gasteiger charge is -2.23. The zero-order chi connectivity index (χ0) is 14.8. The summed E-state index contributed by atoms with van der Waals surface area (Å²) in [5.74, 6) is -1.34. The van der Waals surface area contributed by atoms with Gasteiger partial charge in [0.05, 0.1) is 6.61 Å². The summed E-state index contributed by atoms with van der Waals surface area (Å²) in [5.41, 5.74) is 0. The summed E-state index contributed by atoms with van der Waals surface area (Å²) in [5, 5.41) is 11.5. The molecule has 0 aromatic rings. The maximum atomic E-state index is 11.7. The number of likely N-dealkylation sites (N-methyl/N-ethyl adjacent to an activating group) is 1. The summed E-state index contributed by atoms with van der Waals surface area (Å²) in [4.78, 5) is 34.7. The molecule has 0 spiro atoms. The second kappa shape index (κ2) is 9.18. The van der Waals surface area contributed by atoms with Gasteiger partial charge in [0.2, 0.25) is 0 Å². The molecule has 0 saturated heterocycles. The molecule has 110 valence electrons. The number of esters is 1. The van der Waals surface area contributed by atoms with E-state index < -0.39 is 18.0 Å². The number of hydrogen-bond acceptors (Lipinski definition) is 4. The second-order valence-corrected chi connectivity index (χ2v) is 4.01. The first-order valence-electron chi connectivity index (χ1n) is 6.33. The summed E-state index contributed by atoms with van der Waals surface area (Å²) in [6.07, 6.45) is 1.03. The molecule has 2 amide bonds.